The van der Waals surface area contributed by atoms with Crippen molar-refractivity contribution in [3.8, 4) is 22.8 Å². The fourth-order valence-electron chi connectivity index (χ4n) is 8.00. The van der Waals surface area contributed by atoms with E-state index in [0.717, 1.165) is 58.3 Å². The first kappa shape index (κ1) is 23.5. The van der Waals surface area contributed by atoms with Crippen molar-refractivity contribution in [1.29, 1.82) is 0 Å². The molecule has 1 N–H and O–H groups in total. The van der Waals surface area contributed by atoms with E-state index >= 15 is 0 Å². The largest absolute Gasteiger partial charge is 0.508 e. The number of aromatic hydroxyl groups is 1. The molecule has 3 heterocycles. The molecule has 2 aliphatic heterocycles. The normalized spacial score (nSPS) is 32.6. The molecule has 6 aliphatic rings. The van der Waals surface area contributed by atoms with Crippen LogP contribution in [0.1, 0.15) is 54.9 Å². The average molecular weight is 520 g/mol. The van der Waals surface area contributed by atoms with Crippen LogP contribution < -0.4 is 4.74 Å². The highest BCUT2D eigenvalue weighted by Gasteiger charge is 2.52. The van der Waals surface area contributed by atoms with Crippen molar-refractivity contribution in [3.63, 3.8) is 0 Å². The lowest BCUT2D eigenvalue weighted by Gasteiger charge is -2.57. The van der Waals surface area contributed by atoms with E-state index in [2.05, 4.69) is 20.9 Å². The zero-order valence-corrected chi connectivity index (χ0v) is 22.0. The van der Waals surface area contributed by atoms with Gasteiger partial charge in [0.25, 0.3) is 5.91 Å². The number of carbonyl (C=O) groups is 1. The van der Waals surface area contributed by atoms with Gasteiger partial charge in [-0.15, -0.1) is 0 Å². The molecule has 2 aromatic rings. The molecule has 37 heavy (non-hydrogen) atoms. The van der Waals surface area contributed by atoms with E-state index in [-0.39, 0.29) is 11.3 Å². The Kier molecular flexibility index (Phi) is 5.73. The van der Waals surface area contributed by atoms with E-state index in [1.165, 1.54) is 50.3 Å². The zero-order valence-electron chi connectivity index (χ0n) is 21.2. The molecule has 0 radical (unpaired) electrons. The number of rotatable bonds is 4. The molecule has 4 aliphatic carbocycles. The van der Waals surface area contributed by atoms with Crippen LogP contribution in [0.4, 0.5) is 0 Å². The molecule has 1 atom stereocenters. The van der Waals surface area contributed by atoms with Crippen LogP contribution in [0.25, 0.3) is 11.1 Å². The molecular formula is C29H33N3O4S. The minimum atomic E-state index is -0.422. The summed E-state index contributed by atoms with van der Waals surface area (Å²) in [6.45, 7) is 2.80. The molecule has 7 nitrogen and oxygen atoms in total. The molecule has 8 rings (SSSR count). The second-order valence-corrected chi connectivity index (χ2v) is 12.7. The number of thioether (sulfide) groups is 1. The van der Waals surface area contributed by atoms with Crippen LogP contribution in [0.5, 0.6) is 11.6 Å². The highest BCUT2D eigenvalue weighted by Crippen LogP contribution is 2.62. The number of hydrogen-bond acceptors (Lipinski definition) is 7. The molecule has 1 aromatic heterocycles. The first-order valence-electron chi connectivity index (χ1n) is 13.5. The summed E-state index contributed by atoms with van der Waals surface area (Å²) in [4.78, 5) is 24.0. The Morgan fingerprint density at radius 1 is 1.08 bits per heavy atom. The van der Waals surface area contributed by atoms with Gasteiger partial charge in [-0.25, -0.2) is 4.98 Å². The third-order valence-corrected chi connectivity index (χ3v) is 10.5. The quantitative estimate of drug-likeness (QED) is 0.613. The number of ether oxygens (including phenoxy) is 2. The highest BCUT2D eigenvalue weighted by molar-refractivity contribution is 8.15. The van der Waals surface area contributed by atoms with Crippen LogP contribution in [0.2, 0.25) is 0 Å². The van der Waals surface area contributed by atoms with Gasteiger partial charge in [0, 0.05) is 30.4 Å². The Bertz CT molecular complexity index is 1240. The summed E-state index contributed by atoms with van der Waals surface area (Å²) in [5, 5.41) is 11.4. The van der Waals surface area contributed by atoms with Crippen LogP contribution in [-0.4, -0.2) is 59.5 Å². The van der Waals surface area contributed by atoms with E-state index in [9.17, 15) is 9.90 Å². The Balaban J connectivity index is 1.22. The Labute approximate surface area is 221 Å². The number of carbonyl (C=O) groups excluding carboxylic acids is 1. The Morgan fingerprint density at radius 2 is 1.78 bits per heavy atom. The number of amidine groups is 1. The van der Waals surface area contributed by atoms with Crippen molar-refractivity contribution in [2.24, 2.45) is 22.7 Å². The minimum Gasteiger partial charge on any atom is -0.508 e. The molecule has 1 aromatic carbocycles. The monoisotopic (exact) mass is 519 g/mol. The van der Waals surface area contributed by atoms with Gasteiger partial charge in [-0.2, -0.15) is 4.99 Å². The van der Waals surface area contributed by atoms with Gasteiger partial charge in [0.05, 0.1) is 20.3 Å². The van der Waals surface area contributed by atoms with Gasteiger partial charge in [-0.05, 0) is 91.0 Å². The summed E-state index contributed by atoms with van der Waals surface area (Å²) in [5.41, 5.74) is 3.80. The number of phenolic OH excluding ortho intramolecular Hbond substituents is 1. The van der Waals surface area contributed by atoms with Crippen molar-refractivity contribution in [1.82, 2.24) is 9.88 Å². The minimum absolute atomic E-state index is 0.0747. The van der Waals surface area contributed by atoms with E-state index in [1.54, 1.807) is 13.3 Å². The van der Waals surface area contributed by atoms with Crippen LogP contribution in [0.15, 0.2) is 35.5 Å². The lowest BCUT2D eigenvalue weighted by molar-refractivity contribution is -0.117. The summed E-state index contributed by atoms with van der Waals surface area (Å²) in [6, 6.07) is 7.98. The lowest BCUT2D eigenvalue weighted by Crippen LogP contribution is -2.48. The first-order valence-corrected chi connectivity index (χ1v) is 14.4. The number of methoxy groups -OCH3 is 1. The number of morpholine rings is 1. The summed E-state index contributed by atoms with van der Waals surface area (Å²) in [6.07, 6.45) is 9.36. The molecule has 1 saturated heterocycles. The van der Waals surface area contributed by atoms with Gasteiger partial charge in [0.1, 0.15) is 11.0 Å². The van der Waals surface area contributed by atoms with Crippen LogP contribution in [0, 0.1) is 17.8 Å². The predicted octanol–water partition coefficient (Wildman–Crippen LogP) is 4.93. The number of amides is 1. The van der Waals surface area contributed by atoms with Gasteiger partial charge in [0.15, 0.2) is 5.17 Å². The van der Waals surface area contributed by atoms with Gasteiger partial charge in [-0.3, -0.25) is 4.79 Å². The van der Waals surface area contributed by atoms with Crippen molar-refractivity contribution in [2.45, 2.75) is 49.2 Å². The summed E-state index contributed by atoms with van der Waals surface area (Å²) >= 11 is 1.49. The molecule has 4 bridgehead atoms. The van der Waals surface area contributed by atoms with Gasteiger partial charge >= 0.3 is 0 Å². The topological polar surface area (TPSA) is 84.3 Å². The third-order valence-electron chi connectivity index (χ3n) is 9.22. The molecule has 4 saturated carbocycles. The lowest BCUT2D eigenvalue weighted by atomic mass is 9.48. The van der Waals surface area contributed by atoms with Crippen molar-refractivity contribution < 1.29 is 19.4 Å². The van der Waals surface area contributed by atoms with E-state index in [0.29, 0.717) is 24.8 Å². The number of pyridine rings is 1. The maximum atomic E-state index is 12.9. The third kappa shape index (κ3) is 4.04. The highest BCUT2D eigenvalue weighted by atomic mass is 32.2. The maximum Gasteiger partial charge on any atom is 0.266 e. The maximum absolute atomic E-state index is 12.9. The van der Waals surface area contributed by atoms with Crippen molar-refractivity contribution in [2.75, 3.05) is 33.4 Å². The SMILES string of the molecule is COc1ncc(C2SC(N3CCOCC3)=NC2=O)cc1-c1ccc(O)c(C23CC4CC(CC(C4)C2)C3)c1. The first-order chi connectivity index (χ1) is 18.0. The van der Waals surface area contributed by atoms with E-state index in [1.807, 2.05) is 18.2 Å². The molecule has 1 amide bonds. The molecular weight excluding hydrogens is 486 g/mol. The number of hydrogen-bond donors (Lipinski definition) is 1. The van der Waals surface area contributed by atoms with Crippen LogP contribution in [-0.2, 0) is 14.9 Å². The fourth-order valence-corrected chi connectivity index (χ4v) is 9.10. The Morgan fingerprint density at radius 3 is 2.46 bits per heavy atom. The zero-order chi connectivity index (χ0) is 25.1. The molecule has 1 unspecified atom stereocenters. The summed E-state index contributed by atoms with van der Waals surface area (Å²) < 4.78 is 11.1. The fraction of sp³-hybridized carbons (Fsp3) is 0.552. The van der Waals surface area contributed by atoms with Crippen LogP contribution >= 0.6 is 11.8 Å². The molecule has 0 spiro atoms. The molecule has 8 heteroatoms. The predicted molar refractivity (Wildman–Crippen MR) is 143 cm³/mol. The van der Waals surface area contributed by atoms with Crippen molar-refractivity contribution in [3.05, 3.63) is 41.6 Å². The van der Waals surface area contributed by atoms with E-state index < -0.39 is 5.25 Å². The van der Waals surface area contributed by atoms with Gasteiger partial charge in [-0.1, -0.05) is 17.8 Å². The number of benzene rings is 1. The molecule has 5 fully saturated rings. The van der Waals surface area contributed by atoms with Gasteiger partial charge in [0.2, 0.25) is 5.88 Å². The number of aromatic nitrogens is 1. The summed E-state index contributed by atoms with van der Waals surface area (Å²) in [7, 11) is 1.63. The second-order valence-electron chi connectivity index (χ2n) is 11.6. The number of phenols is 1. The smallest absolute Gasteiger partial charge is 0.266 e. The number of nitrogens with zero attached hydrogens (tertiary/aromatic N) is 3. The molecule has 194 valence electrons. The standard InChI is InChI=1S/C29H33N3O4S/c1-35-27-22(11-21(16-30-27)25-26(34)31-28(37-25)32-4-6-36-7-5-32)20-2-3-24(33)23(12-20)29-13-17-8-18(14-29)10-19(9-17)15-29/h2-3,11-12,16-19,25,33H,4-10,13-15H2,1H3. The van der Waals surface area contributed by atoms with Gasteiger partial charge < -0.3 is 19.5 Å². The Hall–Kier alpha value is -2.58. The number of aliphatic imine (C=N–C) groups is 1. The average Bonchev–Trinajstić information content (AvgIpc) is 3.30. The summed E-state index contributed by atoms with van der Waals surface area (Å²) in [5.74, 6) is 3.15. The van der Waals surface area contributed by atoms with Crippen LogP contribution in [0.3, 0.4) is 0 Å². The van der Waals surface area contributed by atoms with E-state index in [4.69, 9.17) is 9.47 Å². The second kappa shape index (κ2) is 9.02. The van der Waals surface area contributed by atoms with Crippen molar-refractivity contribution >= 4 is 22.8 Å².